The lowest BCUT2D eigenvalue weighted by atomic mass is 10.0. The van der Waals surface area contributed by atoms with Gasteiger partial charge in [-0.3, -0.25) is 24.2 Å². The largest absolute Gasteiger partial charge is 0.318 e. The Bertz CT molecular complexity index is 1710. The van der Waals surface area contributed by atoms with Gasteiger partial charge in [-0.25, -0.2) is 23.1 Å². The van der Waals surface area contributed by atoms with Gasteiger partial charge in [-0.15, -0.1) is 0 Å². The van der Waals surface area contributed by atoms with Gasteiger partial charge in [-0.2, -0.15) is 5.10 Å². The number of aromatic nitrogens is 5. The van der Waals surface area contributed by atoms with Crippen LogP contribution >= 0.6 is 23.2 Å². The van der Waals surface area contributed by atoms with Gasteiger partial charge in [-0.1, -0.05) is 29.3 Å². The Hall–Kier alpha value is -4.03. The Morgan fingerprint density at radius 3 is 2.68 bits per heavy atom. The zero-order chi connectivity index (χ0) is 29.0. The normalized spacial score (nSPS) is 17.7. The Balaban J connectivity index is 1.18. The van der Waals surface area contributed by atoms with E-state index in [1.165, 1.54) is 13.1 Å². The molecule has 1 saturated heterocycles. The lowest BCUT2D eigenvalue weighted by molar-refractivity contribution is -0.118. The highest BCUT2D eigenvalue weighted by atomic mass is 35.5. The minimum absolute atomic E-state index is 0.0576. The van der Waals surface area contributed by atoms with E-state index < -0.39 is 29.3 Å². The number of carbonyl (C=O) groups excluding carboxylic acids is 2. The first kappa shape index (κ1) is 27.2. The molecule has 41 heavy (non-hydrogen) atoms. The van der Waals surface area contributed by atoms with Crippen LogP contribution in [0.25, 0.3) is 11.3 Å². The molecule has 2 atom stereocenters. The summed E-state index contributed by atoms with van der Waals surface area (Å²) in [5, 5.41) is 6.87. The van der Waals surface area contributed by atoms with Crippen LogP contribution in [0.2, 0.25) is 10.0 Å². The summed E-state index contributed by atoms with van der Waals surface area (Å²) in [5.41, 5.74) is -0.335. The summed E-state index contributed by atoms with van der Waals surface area (Å²) in [4.78, 5) is 39.6. The molecule has 0 bridgehead atoms. The van der Waals surface area contributed by atoms with E-state index in [0.29, 0.717) is 29.0 Å². The fourth-order valence-corrected chi connectivity index (χ4v) is 5.36. The standard InChI is InChI=1S/C27H20Cl2F3N7O2/c1-12-23(37-20(8-33-12)21-16(24(31)32)2-3-18(28)22(21)30)26(40)36-15-7-35-38(11-15)9-13-4-19(29)25(34-6-13)39-10-14-5-17(14)27(39)41/h2-4,6-8,11,14,17,24H,5,9-10H2,1H3,(H,36,40)/t14-,17-/m1/s1. The highest BCUT2D eigenvalue weighted by Crippen LogP contribution is 2.48. The summed E-state index contributed by atoms with van der Waals surface area (Å²) >= 11 is 12.3. The van der Waals surface area contributed by atoms with Gasteiger partial charge in [0, 0.05) is 36.0 Å². The molecule has 2 aliphatic rings. The minimum Gasteiger partial charge on any atom is -0.318 e. The van der Waals surface area contributed by atoms with Crippen LogP contribution in [-0.2, 0) is 11.3 Å². The molecular formula is C27H20Cl2F3N7O2. The number of amides is 2. The number of piperidine rings is 1. The Morgan fingerprint density at radius 1 is 1.17 bits per heavy atom. The molecule has 6 rings (SSSR count). The van der Waals surface area contributed by atoms with E-state index in [0.717, 1.165) is 30.3 Å². The third kappa shape index (κ3) is 5.13. The van der Waals surface area contributed by atoms with Crippen molar-refractivity contribution < 1.29 is 22.8 Å². The maximum absolute atomic E-state index is 14.8. The second-order valence-corrected chi connectivity index (χ2v) is 10.7. The third-order valence-corrected chi connectivity index (χ3v) is 7.65. The van der Waals surface area contributed by atoms with Crippen LogP contribution < -0.4 is 10.2 Å². The summed E-state index contributed by atoms with van der Waals surface area (Å²) < 4.78 is 43.5. The van der Waals surface area contributed by atoms with Gasteiger partial charge in [0.1, 0.15) is 5.69 Å². The van der Waals surface area contributed by atoms with E-state index in [9.17, 15) is 22.8 Å². The monoisotopic (exact) mass is 601 g/mol. The molecule has 2 fully saturated rings. The Labute approximate surface area is 241 Å². The fraction of sp³-hybridized carbons (Fsp3) is 0.259. The summed E-state index contributed by atoms with van der Waals surface area (Å²) in [6.07, 6.45) is 3.63. The van der Waals surface area contributed by atoms with E-state index in [1.54, 1.807) is 28.0 Å². The number of benzene rings is 1. The average molecular weight is 602 g/mol. The number of hydrogen-bond acceptors (Lipinski definition) is 6. The molecule has 1 aliphatic heterocycles. The first-order valence-electron chi connectivity index (χ1n) is 12.5. The van der Waals surface area contributed by atoms with E-state index in [4.69, 9.17) is 23.2 Å². The Morgan fingerprint density at radius 2 is 1.98 bits per heavy atom. The van der Waals surface area contributed by atoms with Crippen molar-refractivity contribution in [2.75, 3.05) is 16.8 Å². The van der Waals surface area contributed by atoms with Crippen LogP contribution in [0.5, 0.6) is 0 Å². The van der Waals surface area contributed by atoms with E-state index >= 15 is 0 Å². The molecule has 3 aromatic heterocycles. The number of rotatable bonds is 7. The molecule has 0 spiro atoms. The molecule has 1 N–H and O–H groups in total. The highest BCUT2D eigenvalue weighted by Gasteiger charge is 2.53. The van der Waals surface area contributed by atoms with Gasteiger partial charge in [0.25, 0.3) is 12.3 Å². The quantitative estimate of drug-likeness (QED) is 0.291. The van der Waals surface area contributed by atoms with E-state index in [2.05, 4.69) is 25.4 Å². The zero-order valence-electron chi connectivity index (χ0n) is 21.3. The number of anilines is 2. The Kier molecular flexibility index (Phi) is 6.90. The number of halogens is 5. The van der Waals surface area contributed by atoms with Gasteiger partial charge >= 0.3 is 0 Å². The molecule has 0 unspecified atom stereocenters. The summed E-state index contributed by atoms with van der Waals surface area (Å²) in [6, 6.07) is 3.75. The van der Waals surface area contributed by atoms with Crippen molar-refractivity contribution in [1.29, 1.82) is 0 Å². The number of carbonyl (C=O) groups is 2. The van der Waals surface area contributed by atoms with Crippen molar-refractivity contribution in [2.24, 2.45) is 11.8 Å². The van der Waals surface area contributed by atoms with Crippen molar-refractivity contribution >= 4 is 46.5 Å². The van der Waals surface area contributed by atoms with Crippen molar-refractivity contribution in [3.8, 4) is 11.3 Å². The maximum atomic E-state index is 14.8. The number of pyridine rings is 1. The minimum atomic E-state index is -3.00. The van der Waals surface area contributed by atoms with Crippen LogP contribution in [-0.4, -0.2) is 43.1 Å². The lowest BCUT2D eigenvalue weighted by Crippen LogP contribution is -2.29. The van der Waals surface area contributed by atoms with Gasteiger partial charge in [0.2, 0.25) is 5.91 Å². The number of hydrogen-bond donors (Lipinski definition) is 1. The van der Waals surface area contributed by atoms with Crippen molar-refractivity contribution in [3.05, 3.63) is 81.4 Å². The van der Waals surface area contributed by atoms with E-state index in [1.807, 2.05) is 0 Å². The van der Waals surface area contributed by atoms with Crippen LogP contribution in [0.4, 0.5) is 24.7 Å². The van der Waals surface area contributed by atoms with Crippen molar-refractivity contribution in [1.82, 2.24) is 24.7 Å². The van der Waals surface area contributed by atoms with Gasteiger partial charge < -0.3 is 5.32 Å². The number of alkyl halides is 2. The molecule has 4 aromatic rings. The molecule has 210 valence electrons. The summed E-state index contributed by atoms with van der Waals surface area (Å²) in [6.45, 7) is 2.42. The second kappa shape index (κ2) is 10.4. The maximum Gasteiger partial charge on any atom is 0.276 e. The summed E-state index contributed by atoms with van der Waals surface area (Å²) in [5.74, 6) is -0.791. The van der Waals surface area contributed by atoms with Crippen LogP contribution in [0.1, 0.15) is 40.2 Å². The predicted octanol–water partition coefficient (Wildman–Crippen LogP) is 5.71. The smallest absolute Gasteiger partial charge is 0.276 e. The highest BCUT2D eigenvalue weighted by molar-refractivity contribution is 6.33. The fourth-order valence-electron chi connectivity index (χ4n) is 4.91. The zero-order valence-corrected chi connectivity index (χ0v) is 22.8. The van der Waals surface area contributed by atoms with Crippen LogP contribution in [0.15, 0.2) is 43.0 Å². The lowest BCUT2D eigenvalue weighted by Gasteiger charge is -2.18. The molecule has 1 saturated carbocycles. The molecule has 1 aliphatic carbocycles. The molecule has 2 amide bonds. The number of aryl methyl sites for hydroxylation is 1. The molecule has 1 aromatic carbocycles. The molecule has 0 radical (unpaired) electrons. The molecular weight excluding hydrogens is 582 g/mol. The number of fused-ring (bicyclic) bond motifs is 1. The summed E-state index contributed by atoms with van der Waals surface area (Å²) in [7, 11) is 0. The van der Waals surface area contributed by atoms with Gasteiger partial charge in [-0.05, 0) is 37.0 Å². The average Bonchev–Trinajstić information content (AvgIpc) is 3.46. The first-order valence-corrected chi connectivity index (χ1v) is 13.3. The van der Waals surface area contributed by atoms with Gasteiger partial charge in [0.15, 0.2) is 11.6 Å². The first-order chi connectivity index (χ1) is 19.6. The number of nitrogens with one attached hydrogen (secondary N) is 1. The molecule has 9 nitrogen and oxygen atoms in total. The molecule has 4 heterocycles. The number of nitrogens with zero attached hydrogens (tertiary/aromatic N) is 6. The van der Waals surface area contributed by atoms with Crippen LogP contribution in [0.3, 0.4) is 0 Å². The van der Waals surface area contributed by atoms with Gasteiger partial charge in [0.05, 0.1) is 46.1 Å². The predicted molar refractivity (Wildman–Crippen MR) is 145 cm³/mol. The SMILES string of the molecule is Cc1ncc(-c2c(C(F)F)ccc(Cl)c2F)nc1C(=O)Nc1cnn(Cc2cnc(N3C[C@H]4C[C@H]4C3=O)c(Cl)c2)c1. The third-order valence-electron chi connectivity index (χ3n) is 7.08. The van der Waals surface area contributed by atoms with Crippen molar-refractivity contribution in [3.63, 3.8) is 0 Å². The topological polar surface area (TPSA) is 106 Å². The van der Waals surface area contributed by atoms with E-state index in [-0.39, 0.29) is 40.5 Å². The van der Waals surface area contributed by atoms with Crippen molar-refractivity contribution in [2.45, 2.75) is 26.3 Å². The van der Waals surface area contributed by atoms with Crippen LogP contribution in [0, 0.1) is 24.6 Å². The molecule has 14 heteroatoms. The second-order valence-electron chi connectivity index (χ2n) is 9.90.